The summed E-state index contributed by atoms with van der Waals surface area (Å²) in [5.74, 6) is -0.795. The topological polar surface area (TPSA) is 86.8 Å². The van der Waals surface area contributed by atoms with E-state index in [9.17, 15) is 18.0 Å². The highest BCUT2D eigenvalue weighted by Gasteiger charge is 2.35. The standard InChI is InChI=1S/C37H42ClN3O4S/c1-5-6-23-39-37(43)35(24-30-14-8-7-9-15-30)40(25-31-16-11-10-13-28(31)3)36(42)26-41(34-18-12-17-33(38)29(34)4)46(44,45)32-21-19-27(2)20-22-32/h7-22,35H,5-6,23-26H2,1-4H3,(H,39,43)/t35-/m0/s1. The molecule has 2 amide bonds. The van der Waals surface area contributed by atoms with Gasteiger partial charge in [0.1, 0.15) is 12.6 Å². The molecule has 0 saturated heterocycles. The molecule has 0 aliphatic carbocycles. The normalized spacial score (nSPS) is 11.9. The molecule has 9 heteroatoms. The molecule has 0 fully saturated rings. The molecule has 0 unspecified atom stereocenters. The van der Waals surface area contributed by atoms with Crippen molar-refractivity contribution in [1.29, 1.82) is 0 Å². The van der Waals surface area contributed by atoms with Gasteiger partial charge in [0.15, 0.2) is 0 Å². The van der Waals surface area contributed by atoms with Crippen molar-refractivity contribution < 1.29 is 18.0 Å². The zero-order valence-electron chi connectivity index (χ0n) is 26.9. The Balaban J connectivity index is 1.83. The van der Waals surface area contributed by atoms with Crippen LogP contribution in [0.25, 0.3) is 0 Å². The highest BCUT2D eigenvalue weighted by Crippen LogP contribution is 2.31. The Bertz CT molecular complexity index is 1740. The number of nitrogens with zero attached hydrogens (tertiary/aromatic N) is 2. The van der Waals surface area contributed by atoms with E-state index < -0.39 is 28.5 Å². The second kappa shape index (κ2) is 15.9. The minimum absolute atomic E-state index is 0.0499. The van der Waals surface area contributed by atoms with Crippen molar-refractivity contribution in [2.45, 2.75) is 64.4 Å². The number of hydrogen-bond donors (Lipinski definition) is 1. The fraction of sp³-hybridized carbons (Fsp3) is 0.297. The molecule has 46 heavy (non-hydrogen) atoms. The lowest BCUT2D eigenvalue weighted by atomic mass is 10.0. The van der Waals surface area contributed by atoms with Crippen molar-refractivity contribution in [3.63, 3.8) is 0 Å². The van der Waals surface area contributed by atoms with Crippen LogP contribution in [-0.4, -0.2) is 44.3 Å². The second-order valence-electron chi connectivity index (χ2n) is 11.5. The van der Waals surface area contributed by atoms with Gasteiger partial charge in [0.2, 0.25) is 11.8 Å². The number of unbranched alkanes of at least 4 members (excludes halogenated alkanes) is 1. The molecule has 242 valence electrons. The van der Waals surface area contributed by atoms with Crippen LogP contribution in [0.4, 0.5) is 5.69 Å². The molecule has 0 aliphatic rings. The summed E-state index contributed by atoms with van der Waals surface area (Å²) in [4.78, 5) is 30.1. The number of amides is 2. The average Bonchev–Trinajstić information content (AvgIpc) is 3.04. The number of sulfonamides is 1. The van der Waals surface area contributed by atoms with Crippen molar-refractivity contribution in [3.05, 3.63) is 130 Å². The Labute approximate surface area is 278 Å². The van der Waals surface area contributed by atoms with Crippen LogP contribution in [0, 0.1) is 20.8 Å². The maximum absolute atomic E-state index is 14.6. The van der Waals surface area contributed by atoms with Crippen molar-refractivity contribution in [3.8, 4) is 0 Å². The lowest BCUT2D eigenvalue weighted by Crippen LogP contribution is -2.53. The maximum Gasteiger partial charge on any atom is 0.264 e. The van der Waals surface area contributed by atoms with Gasteiger partial charge in [-0.3, -0.25) is 13.9 Å². The Morgan fingerprint density at radius 3 is 2.20 bits per heavy atom. The minimum atomic E-state index is -4.22. The predicted octanol–water partition coefficient (Wildman–Crippen LogP) is 7.02. The van der Waals surface area contributed by atoms with Gasteiger partial charge in [0.05, 0.1) is 10.6 Å². The van der Waals surface area contributed by atoms with Gasteiger partial charge in [-0.25, -0.2) is 8.42 Å². The van der Waals surface area contributed by atoms with Gasteiger partial charge in [-0.1, -0.05) is 103 Å². The number of nitrogens with one attached hydrogen (secondary N) is 1. The Morgan fingerprint density at radius 1 is 0.848 bits per heavy atom. The van der Waals surface area contributed by atoms with Gasteiger partial charge in [-0.2, -0.15) is 0 Å². The molecular formula is C37H42ClN3O4S. The first-order valence-corrected chi connectivity index (χ1v) is 17.3. The van der Waals surface area contributed by atoms with E-state index in [-0.39, 0.29) is 23.8 Å². The van der Waals surface area contributed by atoms with Crippen LogP contribution in [-0.2, 0) is 32.6 Å². The molecule has 4 aromatic carbocycles. The summed E-state index contributed by atoms with van der Waals surface area (Å²) >= 11 is 6.47. The quantitative estimate of drug-likeness (QED) is 0.148. The number of rotatable bonds is 14. The fourth-order valence-corrected chi connectivity index (χ4v) is 6.89. The smallest absolute Gasteiger partial charge is 0.264 e. The molecule has 0 aromatic heterocycles. The molecule has 4 rings (SSSR count). The van der Waals surface area contributed by atoms with Gasteiger partial charge < -0.3 is 10.2 Å². The van der Waals surface area contributed by atoms with E-state index in [1.54, 1.807) is 37.3 Å². The van der Waals surface area contributed by atoms with E-state index in [0.29, 0.717) is 22.8 Å². The van der Waals surface area contributed by atoms with E-state index >= 15 is 0 Å². The maximum atomic E-state index is 14.6. The fourth-order valence-electron chi connectivity index (χ4n) is 5.25. The molecule has 1 N–H and O–H groups in total. The first-order chi connectivity index (χ1) is 22.0. The SMILES string of the molecule is CCCCNC(=O)[C@H](Cc1ccccc1)N(Cc1ccccc1C)C(=O)CN(c1cccc(Cl)c1C)S(=O)(=O)c1ccc(C)cc1. The highest BCUT2D eigenvalue weighted by molar-refractivity contribution is 7.92. The average molecular weight is 660 g/mol. The summed E-state index contributed by atoms with van der Waals surface area (Å²) in [5, 5.41) is 3.40. The number of benzene rings is 4. The van der Waals surface area contributed by atoms with Crippen LogP contribution in [0.3, 0.4) is 0 Å². The van der Waals surface area contributed by atoms with Gasteiger partial charge in [0, 0.05) is 24.5 Å². The number of aryl methyl sites for hydroxylation is 2. The van der Waals surface area contributed by atoms with Crippen molar-refractivity contribution >= 4 is 39.1 Å². The van der Waals surface area contributed by atoms with E-state index in [4.69, 9.17) is 11.6 Å². The molecular weight excluding hydrogens is 618 g/mol. The first kappa shape index (κ1) is 34.7. The number of carbonyl (C=O) groups is 2. The number of halogens is 1. The third-order valence-corrected chi connectivity index (χ3v) is 10.3. The van der Waals surface area contributed by atoms with Crippen LogP contribution < -0.4 is 9.62 Å². The summed E-state index contributed by atoms with van der Waals surface area (Å²) in [6.45, 7) is 7.67. The summed E-state index contributed by atoms with van der Waals surface area (Å²) < 4.78 is 29.7. The molecule has 0 bridgehead atoms. The van der Waals surface area contributed by atoms with Crippen molar-refractivity contribution in [2.24, 2.45) is 0 Å². The first-order valence-electron chi connectivity index (χ1n) is 15.5. The van der Waals surface area contributed by atoms with Crippen LogP contribution in [0.5, 0.6) is 0 Å². The van der Waals surface area contributed by atoms with Gasteiger partial charge in [-0.05, 0) is 73.7 Å². The van der Waals surface area contributed by atoms with E-state index in [1.165, 1.54) is 17.0 Å². The number of hydrogen-bond acceptors (Lipinski definition) is 4. The van der Waals surface area contributed by atoms with E-state index in [2.05, 4.69) is 5.32 Å². The molecule has 1 atom stereocenters. The van der Waals surface area contributed by atoms with Crippen LogP contribution in [0.1, 0.15) is 47.6 Å². The van der Waals surface area contributed by atoms with Gasteiger partial charge in [0.25, 0.3) is 10.0 Å². The van der Waals surface area contributed by atoms with E-state index in [0.717, 1.165) is 39.4 Å². The number of carbonyl (C=O) groups excluding carboxylic acids is 2. The van der Waals surface area contributed by atoms with Gasteiger partial charge in [-0.15, -0.1) is 0 Å². The zero-order valence-corrected chi connectivity index (χ0v) is 28.4. The number of anilines is 1. The van der Waals surface area contributed by atoms with Crippen molar-refractivity contribution in [1.82, 2.24) is 10.2 Å². The molecule has 0 spiro atoms. The lowest BCUT2D eigenvalue weighted by molar-refractivity contribution is -0.140. The Morgan fingerprint density at radius 2 is 1.52 bits per heavy atom. The molecule has 0 heterocycles. The molecule has 7 nitrogen and oxygen atoms in total. The lowest BCUT2D eigenvalue weighted by Gasteiger charge is -2.34. The summed E-state index contributed by atoms with van der Waals surface area (Å²) in [7, 11) is -4.22. The van der Waals surface area contributed by atoms with Crippen LogP contribution in [0.15, 0.2) is 102 Å². The third-order valence-electron chi connectivity index (χ3n) is 8.10. The monoisotopic (exact) mass is 659 g/mol. The van der Waals surface area contributed by atoms with Gasteiger partial charge >= 0.3 is 0 Å². The minimum Gasteiger partial charge on any atom is -0.354 e. The third kappa shape index (κ3) is 8.56. The highest BCUT2D eigenvalue weighted by atomic mass is 35.5. The summed E-state index contributed by atoms with van der Waals surface area (Å²) in [6.07, 6.45) is 1.96. The molecule has 0 aliphatic heterocycles. The largest absolute Gasteiger partial charge is 0.354 e. The molecule has 0 saturated carbocycles. The van der Waals surface area contributed by atoms with Crippen LogP contribution in [0.2, 0.25) is 5.02 Å². The zero-order chi connectivity index (χ0) is 33.3. The Kier molecular flexibility index (Phi) is 12.0. The second-order valence-corrected chi connectivity index (χ2v) is 13.8. The molecule has 0 radical (unpaired) electrons. The predicted molar refractivity (Wildman–Crippen MR) is 185 cm³/mol. The van der Waals surface area contributed by atoms with Crippen LogP contribution >= 0.6 is 11.6 Å². The van der Waals surface area contributed by atoms with Crippen molar-refractivity contribution in [2.75, 3.05) is 17.4 Å². The Hall–Kier alpha value is -4.14. The van der Waals surface area contributed by atoms with E-state index in [1.807, 2.05) is 75.4 Å². The summed E-state index contributed by atoms with van der Waals surface area (Å²) in [5.41, 5.74) is 4.43. The summed E-state index contributed by atoms with van der Waals surface area (Å²) in [6, 6.07) is 27.8. The molecule has 4 aromatic rings.